The monoisotopic (exact) mass is 283 g/mol. The van der Waals surface area contributed by atoms with Crippen molar-refractivity contribution in [2.24, 2.45) is 0 Å². The number of hydrogen-bond donors (Lipinski definition) is 1. The molecule has 0 spiro atoms. The Labute approximate surface area is 108 Å². The minimum atomic E-state index is -2.94. The van der Waals surface area contributed by atoms with E-state index in [4.69, 9.17) is 4.74 Å². The Balaban J connectivity index is 4.23. The molecule has 17 heavy (non-hydrogen) atoms. The van der Waals surface area contributed by atoms with Crippen LogP contribution in [0.25, 0.3) is 0 Å². The number of hydrogen-bond acceptors (Lipinski definition) is 6. The maximum Gasteiger partial charge on any atom is 0.326 e. The predicted octanol–water partition coefficient (Wildman–Crippen LogP) is 0.305. The van der Waals surface area contributed by atoms with Gasteiger partial charge in [0.1, 0.15) is 15.4 Å². The van der Waals surface area contributed by atoms with E-state index in [9.17, 15) is 13.2 Å². The van der Waals surface area contributed by atoms with Crippen LogP contribution in [-0.4, -0.2) is 57.1 Å². The van der Waals surface area contributed by atoms with Gasteiger partial charge in [-0.3, -0.25) is 4.79 Å². The number of sulfone groups is 1. The molecule has 0 aromatic heterocycles. The van der Waals surface area contributed by atoms with Crippen LogP contribution in [0.2, 0.25) is 0 Å². The van der Waals surface area contributed by atoms with E-state index in [-0.39, 0.29) is 11.7 Å². The summed E-state index contributed by atoms with van der Waals surface area (Å²) in [6.07, 6.45) is 1.21. The van der Waals surface area contributed by atoms with Crippen molar-refractivity contribution in [1.82, 2.24) is 5.32 Å². The van der Waals surface area contributed by atoms with Gasteiger partial charge in [-0.2, -0.15) is 11.8 Å². The van der Waals surface area contributed by atoms with E-state index >= 15 is 0 Å². The molecule has 5 nitrogen and oxygen atoms in total. The third-order valence-electron chi connectivity index (χ3n) is 2.19. The number of likely N-dealkylation sites (N-methyl/N-ethyl adjacent to an activating group) is 1. The highest BCUT2D eigenvalue weighted by Gasteiger charge is 2.33. The smallest absolute Gasteiger partial charge is 0.326 e. The minimum absolute atomic E-state index is 0.126. The Bertz CT molecular complexity index is 342. The van der Waals surface area contributed by atoms with Crippen molar-refractivity contribution in [2.75, 3.05) is 37.2 Å². The topological polar surface area (TPSA) is 72.5 Å². The minimum Gasteiger partial charge on any atom is -0.468 e. The maximum atomic E-state index is 11.6. The lowest BCUT2D eigenvalue weighted by Gasteiger charge is -2.27. The molecule has 7 heteroatoms. The highest BCUT2D eigenvalue weighted by molar-refractivity contribution is 8.00. The third-order valence-corrected chi connectivity index (χ3v) is 4.67. The summed E-state index contributed by atoms with van der Waals surface area (Å²) in [5.74, 6) is 0.771. The number of methoxy groups -OCH3 is 1. The number of carbonyl (C=O) groups is 1. The van der Waals surface area contributed by atoms with E-state index in [0.717, 1.165) is 0 Å². The molecule has 0 aliphatic heterocycles. The van der Waals surface area contributed by atoms with Crippen LogP contribution < -0.4 is 5.32 Å². The normalized spacial score (nSPS) is 15.3. The van der Waals surface area contributed by atoms with Crippen LogP contribution in [-0.2, 0) is 19.4 Å². The van der Waals surface area contributed by atoms with Crippen molar-refractivity contribution in [3.63, 3.8) is 0 Å². The highest BCUT2D eigenvalue weighted by Crippen LogP contribution is 2.15. The number of thioether (sulfide) groups is 1. The molecule has 0 aliphatic rings. The van der Waals surface area contributed by atoms with Gasteiger partial charge in [-0.05, 0) is 13.5 Å². The molecule has 1 N–H and O–H groups in total. The highest BCUT2D eigenvalue weighted by atomic mass is 32.2. The molecule has 1 atom stereocenters. The summed E-state index contributed by atoms with van der Waals surface area (Å²) in [7, 11) is -1.59. The van der Waals surface area contributed by atoms with Gasteiger partial charge in [0, 0.05) is 17.8 Å². The molecule has 0 radical (unpaired) electrons. The molecule has 102 valence electrons. The lowest BCUT2D eigenvalue weighted by molar-refractivity contribution is -0.146. The molecular weight excluding hydrogens is 262 g/mol. The van der Waals surface area contributed by atoms with E-state index < -0.39 is 15.4 Å². The fraction of sp³-hybridized carbons (Fsp3) is 0.900. The van der Waals surface area contributed by atoms with E-state index in [2.05, 4.69) is 5.32 Å². The van der Waals surface area contributed by atoms with Crippen LogP contribution in [0.5, 0.6) is 0 Å². The summed E-state index contributed by atoms with van der Waals surface area (Å²) in [5.41, 5.74) is -0.758. The average molecular weight is 283 g/mol. The van der Waals surface area contributed by atoms with Gasteiger partial charge in [0.15, 0.2) is 0 Å². The fourth-order valence-corrected chi connectivity index (χ4v) is 3.74. The van der Waals surface area contributed by atoms with E-state index in [1.54, 1.807) is 6.92 Å². The van der Waals surface area contributed by atoms with Gasteiger partial charge in [0.25, 0.3) is 0 Å². The molecule has 1 unspecified atom stereocenters. The van der Waals surface area contributed by atoms with Crippen molar-refractivity contribution >= 4 is 27.6 Å². The van der Waals surface area contributed by atoms with Gasteiger partial charge in [-0.1, -0.05) is 6.92 Å². The zero-order valence-corrected chi connectivity index (χ0v) is 12.4. The molecule has 0 aromatic rings. The van der Waals surface area contributed by atoms with Crippen LogP contribution in [0.1, 0.15) is 13.8 Å². The van der Waals surface area contributed by atoms with Crippen LogP contribution in [0, 0.1) is 0 Å². The third kappa shape index (κ3) is 6.90. The van der Waals surface area contributed by atoms with Crippen LogP contribution >= 0.6 is 11.8 Å². The number of nitrogens with one attached hydrogen (secondary N) is 1. The largest absolute Gasteiger partial charge is 0.468 e. The fourth-order valence-electron chi connectivity index (χ4n) is 1.28. The second kappa shape index (κ2) is 7.23. The quantitative estimate of drug-likeness (QED) is 0.510. The van der Waals surface area contributed by atoms with Gasteiger partial charge in [-0.15, -0.1) is 0 Å². The number of rotatable bonds is 8. The lowest BCUT2D eigenvalue weighted by atomic mass is 10.1. The Morgan fingerprint density at radius 3 is 2.47 bits per heavy atom. The standard InChI is InChI=1S/C10H21NO4S2/c1-5-11-10(2,9(12)15-3)8-16-6-7-17(4,13)14/h11H,5-8H2,1-4H3. The van der Waals surface area contributed by atoms with E-state index in [1.807, 2.05) is 6.92 Å². The van der Waals surface area contributed by atoms with Crippen LogP contribution in [0.4, 0.5) is 0 Å². The lowest BCUT2D eigenvalue weighted by Crippen LogP contribution is -2.52. The summed E-state index contributed by atoms with van der Waals surface area (Å²) >= 11 is 1.43. The van der Waals surface area contributed by atoms with Crippen molar-refractivity contribution in [3.8, 4) is 0 Å². The zero-order chi connectivity index (χ0) is 13.5. The van der Waals surface area contributed by atoms with Gasteiger partial charge in [0.05, 0.1) is 12.9 Å². The van der Waals surface area contributed by atoms with Crippen molar-refractivity contribution in [1.29, 1.82) is 0 Å². The first-order valence-corrected chi connectivity index (χ1v) is 8.55. The zero-order valence-electron chi connectivity index (χ0n) is 10.8. The number of carbonyl (C=O) groups excluding carboxylic acids is 1. The molecular formula is C10H21NO4S2. The van der Waals surface area contributed by atoms with E-state index in [0.29, 0.717) is 18.1 Å². The maximum absolute atomic E-state index is 11.6. The van der Waals surface area contributed by atoms with Crippen LogP contribution in [0.3, 0.4) is 0 Å². The summed E-state index contributed by atoms with van der Waals surface area (Å²) in [4.78, 5) is 11.6. The Morgan fingerprint density at radius 2 is 2.06 bits per heavy atom. The summed E-state index contributed by atoms with van der Waals surface area (Å²) in [6.45, 7) is 4.32. The van der Waals surface area contributed by atoms with Gasteiger partial charge in [-0.25, -0.2) is 8.42 Å². The van der Waals surface area contributed by atoms with Crippen molar-refractivity contribution < 1.29 is 17.9 Å². The van der Waals surface area contributed by atoms with Crippen molar-refractivity contribution in [3.05, 3.63) is 0 Å². The first kappa shape index (κ1) is 16.7. The number of esters is 1. The Kier molecular flexibility index (Phi) is 7.11. The molecule has 0 aliphatic carbocycles. The second-order valence-electron chi connectivity index (χ2n) is 4.04. The van der Waals surface area contributed by atoms with Gasteiger partial charge < -0.3 is 10.1 Å². The molecule has 0 rings (SSSR count). The van der Waals surface area contributed by atoms with Crippen molar-refractivity contribution in [2.45, 2.75) is 19.4 Å². The molecule has 0 saturated carbocycles. The summed E-state index contributed by atoms with van der Waals surface area (Å²) < 4.78 is 26.6. The predicted molar refractivity (Wildman–Crippen MR) is 71.1 cm³/mol. The second-order valence-corrected chi connectivity index (χ2v) is 7.40. The molecule has 0 amide bonds. The summed E-state index contributed by atoms with van der Waals surface area (Å²) in [6, 6.07) is 0. The Morgan fingerprint density at radius 1 is 1.47 bits per heavy atom. The summed E-state index contributed by atoms with van der Waals surface area (Å²) in [5, 5.41) is 3.06. The number of ether oxygens (including phenoxy) is 1. The molecule has 0 aromatic carbocycles. The molecule has 0 saturated heterocycles. The molecule has 0 heterocycles. The van der Waals surface area contributed by atoms with Gasteiger partial charge >= 0.3 is 5.97 Å². The van der Waals surface area contributed by atoms with E-state index in [1.165, 1.54) is 25.1 Å². The average Bonchev–Trinajstić information content (AvgIpc) is 2.22. The SMILES string of the molecule is CCNC(C)(CSCCS(C)(=O)=O)C(=O)OC. The Hall–Kier alpha value is -0.270. The first-order chi connectivity index (χ1) is 7.75. The van der Waals surface area contributed by atoms with Crippen LogP contribution in [0.15, 0.2) is 0 Å². The first-order valence-electron chi connectivity index (χ1n) is 5.34. The molecule has 0 bridgehead atoms. The van der Waals surface area contributed by atoms with Gasteiger partial charge in [0.2, 0.25) is 0 Å². The molecule has 0 fully saturated rings.